The molecule has 0 atom stereocenters. The number of carboxylic acid groups (broad SMARTS) is 1. The monoisotopic (exact) mass is 642 g/mol. The molecule has 0 unspecified atom stereocenters. The molecule has 0 spiro atoms. The van der Waals surface area contributed by atoms with Crippen molar-refractivity contribution in [1.82, 2.24) is 9.80 Å². The molecule has 0 radical (unpaired) electrons. The summed E-state index contributed by atoms with van der Waals surface area (Å²) >= 11 is 12.9. The van der Waals surface area contributed by atoms with Crippen molar-refractivity contribution < 1.29 is 37.3 Å². The van der Waals surface area contributed by atoms with Gasteiger partial charge < -0.3 is 14.6 Å². The van der Waals surface area contributed by atoms with Crippen molar-refractivity contribution in [3.63, 3.8) is 0 Å². The largest absolute Gasteiger partial charge is 0.492 e. The minimum Gasteiger partial charge on any atom is -0.492 e. The van der Waals surface area contributed by atoms with Crippen LogP contribution >= 0.6 is 35.6 Å². The molecule has 2 heterocycles. The van der Waals surface area contributed by atoms with Gasteiger partial charge in [0.2, 0.25) is 0 Å². The van der Waals surface area contributed by atoms with Gasteiger partial charge in [0.05, 0.1) is 23.7 Å². The highest BCUT2D eigenvalue weighted by Crippen LogP contribution is 2.39. The van der Waals surface area contributed by atoms with Crippen LogP contribution < -0.4 is 4.74 Å². The van der Waals surface area contributed by atoms with Crippen LogP contribution in [0.15, 0.2) is 41.3 Å². The molecule has 2 aromatic carbocycles. The van der Waals surface area contributed by atoms with Crippen LogP contribution in [0.3, 0.4) is 0 Å². The minimum atomic E-state index is -4.54. The number of carbonyl (C=O) groups is 2. The number of carboxylic acids is 1. The Morgan fingerprint density at radius 2 is 1.88 bits per heavy atom. The first kappa shape index (κ1) is 32.3. The molecule has 42 heavy (non-hydrogen) atoms. The van der Waals surface area contributed by atoms with Crippen LogP contribution in [0.25, 0.3) is 17.2 Å². The van der Waals surface area contributed by atoms with Crippen molar-refractivity contribution in [2.45, 2.75) is 31.9 Å². The second-order valence-electron chi connectivity index (χ2n) is 9.79. The van der Waals surface area contributed by atoms with Crippen LogP contribution in [-0.4, -0.2) is 77.1 Å². The number of morpholine rings is 1. The number of rotatable bonds is 12. The maximum atomic E-state index is 13.4. The average Bonchev–Trinajstić information content (AvgIpc) is 3.21. The molecule has 2 saturated heterocycles. The number of aliphatic carboxylic acids is 1. The Morgan fingerprint density at radius 3 is 2.60 bits per heavy atom. The Hall–Kier alpha value is -2.64. The molecular formula is C29H30ClF3N2O5S2. The van der Waals surface area contributed by atoms with Gasteiger partial charge in [-0.15, -0.1) is 0 Å². The lowest BCUT2D eigenvalue weighted by atomic mass is 9.99. The zero-order valence-electron chi connectivity index (χ0n) is 22.6. The fourth-order valence-electron chi connectivity index (χ4n) is 4.55. The summed E-state index contributed by atoms with van der Waals surface area (Å²) in [5.74, 6) is -0.681. The third kappa shape index (κ3) is 8.70. The van der Waals surface area contributed by atoms with Crippen LogP contribution in [0.2, 0.25) is 5.02 Å². The second-order valence-corrected chi connectivity index (χ2v) is 11.9. The summed E-state index contributed by atoms with van der Waals surface area (Å²) in [4.78, 5) is 28.0. The first-order chi connectivity index (χ1) is 20.0. The Labute approximate surface area is 256 Å². The zero-order valence-corrected chi connectivity index (χ0v) is 25.0. The van der Waals surface area contributed by atoms with Crippen LogP contribution in [0, 0.1) is 0 Å². The van der Waals surface area contributed by atoms with E-state index in [0.717, 1.165) is 37.0 Å². The van der Waals surface area contributed by atoms with E-state index in [4.69, 9.17) is 38.4 Å². The third-order valence-corrected chi connectivity index (χ3v) is 8.52. The molecular weight excluding hydrogens is 613 g/mol. The quantitative estimate of drug-likeness (QED) is 0.158. The van der Waals surface area contributed by atoms with Gasteiger partial charge in [-0.2, -0.15) is 13.2 Å². The lowest BCUT2D eigenvalue weighted by Gasteiger charge is -2.26. The summed E-state index contributed by atoms with van der Waals surface area (Å²) < 4.78 is 52.2. The van der Waals surface area contributed by atoms with Crippen molar-refractivity contribution in [2.24, 2.45) is 0 Å². The van der Waals surface area contributed by atoms with E-state index in [-0.39, 0.29) is 22.9 Å². The second kappa shape index (κ2) is 14.7. The Morgan fingerprint density at radius 1 is 1.12 bits per heavy atom. The molecule has 7 nitrogen and oxygen atoms in total. The number of thioether (sulfide) groups is 1. The van der Waals surface area contributed by atoms with E-state index in [1.165, 1.54) is 11.0 Å². The van der Waals surface area contributed by atoms with Crippen LogP contribution in [0.5, 0.6) is 5.75 Å². The molecule has 2 fully saturated rings. The van der Waals surface area contributed by atoms with Crippen molar-refractivity contribution in [2.75, 3.05) is 46.0 Å². The topological polar surface area (TPSA) is 79.3 Å². The normalized spacial score (nSPS) is 17.3. The predicted octanol–water partition coefficient (Wildman–Crippen LogP) is 6.58. The van der Waals surface area contributed by atoms with E-state index in [1.54, 1.807) is 24.3 Å². The number of halogens is 4. The number of hydrogen-bond acceptors (Lipinski definition) is 7. The van der Waals surface area contributed by atoms with Gasteiger partial charge >= 0.3 is 12.1 Å². The number of ether oxygens (including phenoxy) is 2. The summed E-state index contributed by atoms with van der Waals surface area (Å²) in [6, 6.07) is 8.12. The van der Waals surface area contributed by atoms with Gasteiger partial charge in [0.1, 0.15) is 16.7 Å². The summed E-state index contributed by atoms with van der Waals surface area (Å²) in [5, 5.41) is 8.97. The van der Waals surface area contributed by atoms with Gasteiger partial charge in [0.15, 0.2) is 0 Å². The first-order valence-corrected chi connectivity index (χ1v) is 15.0. The standard InChI is InChI=1S/C29H30ClF3N2O5S2/c30-23-7-6-21(29(31,32)33)18-22(23)19-5-8-24(40-15-12-34-10-13-39-14-11-34)20(16-19)17-25-27(38)35(28(41)42-25)9-3-1-2-4-26(36)37/h5-8,16-18H,1-4,9-15H2,(H,36,37)/b25-17-. The fraction of sp³-hybridized carbons (Fsp3) is 0.414. The van der Waals surface area contributed by atoms with E-state index in [2.05, 4.69) is 4.90 Å². The molecule has 13 heteroatoms. The van der Waals surface area contributed by atoms with E-state index in [1.807, 2.05) is 0 Å². The van der Waals surface area contributed by atoms with Gasteiger partial charge in [0, 0.05) is 48.7 Å². The number of alkyl halides is 3. The number of benzene rings is 2. The SMILES string of the molecule is O=C(O)CCCCCN1C(=O)/C(=C/c2cc(-c3cc(C(F)(F)F)ccc3Cl)ccc2OCCN2CCOCC2)SC1=S. The Kier molecular flexibility index (Phi) is 11.3. The Bertz CT molecular complexity index is 1350. The van der Waals surface area contributed by atoms with Crippen molar-refractivity contribution in [1.29, 1.82) is 0 Å². The summed E-state index contributed by atoms with van der Waals surface area (Å²) in [6.07, 6.45) is -1.07. The first-order valence-electron chi connectivity index (χ1n) is 13.4. The molecule has 0 saturated carbocycles. The van der Waals surface area contributed by atoms with E-state index < -0.39 is 17.7 Å². The smallest absolute Gasteiger partial charge is 0.416 e. The number of thiocarbonyl (C=S) groups is 1. The minimum absolute atomic E-state index is 0.0683. The van der Waals surface area contributed by atoms with Crippen LogP contribution in [0.1, 0.15) is 36.8 Å². The number of unbranched alkanes of at least 4 members (excludes halogenated alkanes) is 2. The molecule has 0 aliphatic carbocycles. The number of carbonyl (C=O) groups excluding carboxylic acids is 1. The van der Waals surface area contributed by atoms with Crippen LogP contribution in [0.4, 0.5) is 13.2 Å². The third-order valence-electron chi connectivity index (χ3n) is 6.82. The molecule has 0 aromatic heterocycles. The van der Waals surface area contributed by atoms with Crippen molar-refractivity contribution in [3.05, 3.63) is 57.5 Å². The lowest BCUT2D eigenvalue weighted by molar-refractivity contribution is -0.138. The van der Waals surface area contributed by atoms with Gasteiger partial charge in [-0.3, -0.25) is 19.4 Å². The van der Waals surface area contributed by atoms with Gasteiger partial charge in [-0.05, 0) is 54.8 Å². The van der Waals surface area contributed by atoms with Gasteiger partial charge in [-0.25, -0.2) is 0 Å². The molecule has 0 bridgehead atoms. The molecule has 2 aliphatic heterocycles. The summed E-state index contributed by atoms with van der Waals surface area (Å²) in [5.41, 5.74) is 0.324. The molecule has 2 aromatic rings. The average molecular weight is 643 g/mol. The molecule has 4 rings (SSSR count). The van der Waals surface area contributed by atoms with Crippen LogP contribution in [-0.2, 0) is 20.5 Å². The van der Waals surface area contributed by atoms with Crippen molar-refractivity contribution >= 4 is 57.9 Å². The number of hydrogen-bond donors (Lipinski definition) is 1. The molecule has 2 aliphatic rings. The van der Waals surface area contributed by atoms with Gasteiger partial charge in [0.25, 0.3) is 5.91 Å². The number of nitrogens with zero attached hydrogens (tertiary/aromatic N) is 2. The highest BCUT2D eigenvalue weighted by molar-refractivity contribution is 8.26. The summed E-state index contributed by atoms with van der Waals surface area (Å²) in [7, 11) is 0. The molecule has 1 amide bonds. The summed E-state index contributed by atoms with van der Waals surface area (Å²) in [6.45, 7) is 4.28. The maximum Gasteiger partial charge on any atom is 0.416 e. The highest BCUT2D eigenvalue weighted by atomic mass is 35.5. The lowest BCUT2D eigenvalue weighted by Crippen LogP contribution is -2.38. The van der Waals surface area contributed by atoms with E-state index >= 15 is 0 Å². The fourth-order valence-corrected chi connectivity index (χ4v) is 6.08. The molecule has 226 valence electrons. The number of amides is 1. The van der Waals surface area contributed by atoms with Crippen molar-refractivity contribution in [3.8, 4) is 16.9 Å². The van der Waals surface area contributed by atoms with Gasteiger partial charge in [-0.1, -0.05) is 48.1 Å². The van der Waals surface area contributed by atoms with E-state index in [0.29, 0.717) is 78.3 Å². The Balaban J connectivity index is 1.58. The molecule has 1 N–H and O–H groups in total. The maximum absolute atomic E-state index is 13.4. The van der Waals surface area contributed by atoms with E-state index in [9.17, 15) is 22.8 Å². The zero-order chi connectivity index (χ0) is 30.3. The highest BCUT2D eigenvalue weighted by Gasteiger charge is 2.33. The predicted molar refractivity (Wildman–Crippen MR) is 161 cm³/mol.